The van der Waals surface area contributed by atoms with Crippen LogP contribution in [-0.2, 0) is 4.74 Å². The van der Waals surface area contributed by atoms with Crippen LogP contribution in [0.25, 0.3) is 10.9 Å². The number of anilines is 1. The van der Waals surface area contributed by atoms with Gasteiger partial charge in [0.25, 0.3) is 0 Å². The van der Waals surface area contributed by atoms with Crippen LogP contribution in [0, 0.1) is 6.92 Å². The number of esters is 1. The van der Waals surface area contributed by atoms with E-state index in [9.17, 15) is 9.59 Å². The number of cyclic esters (lactones) is 1. The Bertz CT molecular complexity index is 720. The van der Waals surface area contributed by atoms with Gasteiger partial charge in [0, 0.05) is 6.92 Å². The molecule has 1 N–H and O–H groups in total. The summed E-state index contributed by atoms with van der Waals surface area (Å²) in [6.07, 6.45) is -0.423. The first-order valence-electron chi connectivity index (χ1n) is 5.47. The van der Waals surface area contributed by atoms with Crippen LogP contribution in [0.5, 0.6) is 0 Å². The molecule has 0 amide bonds. The number of carbonyl (C=O) groups is 1. The van der Waals surface area contributed by atoms with Crippen molar-refractivity contribution < 1.29 is 13.9 Å². The SMILES string of the molecule is Cc1nc2cc3c(cc2c(=O)o1)NC(C)OC3=O. The van der Waals surface area contributed by atoms with E-state index in [0.717, 1.165) is 0 Å². The van der Waals surface area contributed by atoms with E-state index in [1.807, 2.05) is 0 Å². The Balaban J connectivity index is 2.34. The van der Waals surface area contributed by atoms with Crippen molar-refractivity contribution in [3.63, 3.8) is 0 Å². The van der Waals surface area contributed by atoms with Crippen molar-refractivity contribution in [1.29, 1.82) is 0 Å². The minimum absolute atomic E-state index is 0.262. The molecule has 6 heteroatoms. The zero-order chi connectivity index (χ0) is 12.9. The largest absolute Gasteiger partial charge is 0.438 e. The number of nitrogens with one attached hydrogen (secondary N) is 1. The number of fused-ring (bicyclic) bond motifs is 2. The average Bonchev–Trinajstić information content (AvgIpc) is 2.27. The Morgan fingerprint density at radius 1 is 1.33 bits per heavy atom. The maximum atomic E-state index is 11.7. The number of aryl methyl sites for hydroxylation is 1. The monoisotopic (exact) mass is 246 g/mol. The highest BCUT2D eigenvalue weighted by Crippen LogP contribution is 2.26. The molecule has 2 aromatic rings. The first-order chi connectivity index (χ1) is 8.54. The van der Waals surface area contributed by atoms with E-state index in [-0.39, 0.29) is 5.89 Å². The number of rotatable bonds is 0. The third-order valence-corrected chi connectivity index (χ3v) is 2.74. The standard InChI is InChI=1S/C12H10N2O4/c1-5-13-9-3-8-10(4-7(9)11(15)17-5)14-6(2)18-12(8)16/h3-5,13H,1-2H3. The number of aromatic nitrogens is 1. The lowest BCUT2D eigenvalue weighted by molar-refractivity contribution is 0.0370. The van der Waals surface area contributed by atoms with E-state index in [1.165, 1.54) is 6.07 Å². The lowest BCUT2D eigenvalue weighted by Crippen LogP contribution is -2.29. The van der Waals surface area contributed by atoms with Crippen LogP contribution in [-0.4, -0.2) is 17.2 Å². The molecule has 2 heterocycles. The molecule has 6 nitrogen and oxygen atoms in total. The number of ether oxygens (including phenoxy) is 1. The number of nitrogens with zero attached hydrogens (tertiary/aromatic N) is 1. The first kappa shape index (κ1) is 10.8. The second-order valence-electron chi connectivity index (χ2n) is 4.13. The molecule has 1 aliphatic rings. The summed E-state index contributed by atoms with van der Waals surface area (Å²) in [4.78, 5) is 27.5. The quantitative estimate of drug-likeness (QED) is 0.708. The highest BCUT2D eigenvalue weighted by Gasteiger charge is 2.24. The summed E-state index contributed by atoms with van der Waals surface area (Å²) in [6.45, 7) is 3.29. The molecule has 0 aliphatic carbocycles. The first-order valence-corrected chi connectivity index (χ1v) is 5.47. The summed E-state index contributed by atoms with van der Waals surface area (Å²) in [7, 11) is 0. The van der Waals surface area contributed by atoms with Crippen molar-refractivity contribution in [2.45, 2.75) is 20.1 Å². The van der Waals surface area contributed by atoms with E-state index >= 15 is 0 Å². The van der Waals surface area contributed by atoms with Crippen molar-refractivity contribution in [3.8, 4) is 0 Å². The maximum Gasteiger partial charge on any atom is 0.346 e. The summed E-state index contributed by atoms with van der Waals surface area (Å²) in [5.74, 6) is -0.163. The minimum Gasteiger partial charge on any atom is -0.438 e. The molecule has 1 atom stereocenters. The third kappa shape index (κ3) is 1.54. The smallest absolute Gasteiger partial charge is 0.346 e. The van der Waals surface area contributed by atoms with Crippen molar-refractivity contribution in [3.05, 3.63) is 34.0 Å². The molecular formula is C12H10N2O4. The fourth-order valence-electron chi connectivity index (χ4n) is 1.99. The van der Waals surface area contributed by atoms with Crippen molar-refractivity contribution in [2.24, 2.45) is 0 Å². The van der Waals surface area contributed by atoms with Gasteiger partial charge < -0.3 is 14.5 Å². The van der Waals surface area contributed by atoms with Gasteiger partial charge in [-0.2, -0.15) is 0 Å². The van der Waals surface area contributed by atoms with Crippen molar-refractivity contribution in [1.82, 2.24) is 4.98 Å². The number of hydrogen-bond acceptors (Lipinski definition) is 6. The van der Waals surface area contributed by atoms with Gasteiger partial charge in [0.05, 0.1) is 22.2 Å². The molecule has 18 heavy (non-hydrogen) atoms. The van der Waals surface area contributed by atoms with E-state index in [0.29, 0.717) is 22.2 Å². The van der Waals surface area contributed by atoms with Crippen LogP contribution in [0.1, 0.15) is 23.2 Å². The fraction of sp³-hybridized carbons (Fsp3) is 0.250. The summed E-state index contributed by atoms with van der Waals surface area (Å²) < 4.78 is 9.97. The van der Waals surface area contributed by atoms with Gasteiger partial charge in [-0.05, 0) is 19.1 Å². The Kier molecular flexibility index (Phi) is 2.13. The lowest BCUT2D eigenvalue weighted by atomic mass is 10.1. The van der Waals surface area contributed by atoms with Gasteiger partial charge in [0.1, 0.15) is 0 Å². The predicted molar refractivity (Wildman–Crippen MR) is 63.5 cm³/mol. The molecule has 0 radical (unpaired) electrons. The van der Waals surface area contributed by atoms with E-state index < -0.39 is 17.8 Å². The Labute approximate surface area is 102 Å². The molecule has 1 unspecified atom stereocenters. The second-order valence-corrected chi connectivity index (χ2v) is 4.13. The molecule has 0 saturated heterocycles. The molecule has 1 aromatic heterocycles. The second kappa shape index (κ2) is 3.56. The highest BCUT2D eigenvalue weighted by molar-refractivity contribution is 6.01. The molecule has 0 fully saturated rings. The van der Waals surface area contributed by atoms with Gasteiger partial charge in [-0.1, -0.05) is 0 Å². The minimum atomic E-state index is -0.464. The van der Waals surface area contributed by atoms with Gasteiger partial charge in [-0.15, -0.1) is 0 Å². The maximum absolute atomic E-state index is 11.7. The van der Waals surface area contributed by atoms with Crippen molar-refractivity contribution in [2.75, 3.05) is 5.32 Å². The lowest BCUT2D eigenvalue weighted by Gasteiger charge is -2.23. The molecule has 0 saturated carbocycles. The topological polar surface area (TPSA) is 81.4 Å². The third-order valence-electron chi connectivity index (χ3n) is 2.74. The molecular weight excluding hydrogens is 236 g/mol. The van der Waals surface area contributed by atoms with Crippen LogP contribution in [0.2, 0.25) is 0 Å². The van der Waals surface area contributed by atoms with E-state index in [1.54, 1.807) is 19.9 Å². The van der Waals surface area contributed by atoms with E-state index in [4.69, 9.17) is 9.15 Å². The van der Waals surface area contributed by atoms with Gasteiger partial charge in [0.2, 0.25) is 0 Å². The molecule has 0 bridgehead atoms. The van der Waals surface area contributed by atoms with Gasteiger partial charge >= 0.3 is 11.6 Å². The van der Waals surface area contributed by atoms with Gasteiger partial charge in [-0.25, -0.2) is 14.6 Å². The van der Waals surface area contributed by atoms with Gasteiger partial charge in [-0.3, -0.25) is 0 Å². The highest BCUT2D eigenvalue weighted by atomic mass is 16.6. The number of carbonyl (C=O) groups excluding carboxylic acids is 1. The predicted octanol–water partition coefficient (Wildman–Crippen LogP) is 1.42. The summed E-state index contributed by atoms with van der Waals surface area (Å²) in [6, 6.07) is 3.11. The Morgan fingerprint density at radius 3 is 2.89 bits per heavy atom. The summed E-state index contributed by atoms with van der Waals surface area (Å²) >= 11 is 0. The average molecular weight is 246 g/mol. The van der Waals surface area contributed by atoms with Crippen LogP contribution in [0.15, 0.2) is 21.3 Å². The van der Waals surface area contributed by atoms with Crippen LogP contribution in [0.4, 0.5) is 5.69 Å². The van der Waals surface area contributed by atoms with E-state index in [2.05, 4.69) is 10.3 Å². The van der Waals surface area contributed by atoms with Gasteiger partial charge in [0.15, 0.2) is 12.1 Å². The fourth-order valence-corrected chi connectivity index (χ4v) is 1.99. The Hall–Kier alpha value is -2.37. The zero-order valence-corrected chi connectivity index (χ0v) is 9.81. The van der Waals surface area contributed by atoms with Crippen LogP contribution in [0.3, 0.4) is 0 Å². The molecule has 1 aromatic carbocycles. The molecule has 92 valence electrons. The zero-order valence-electron chi connectivity index (χ0n) is 9.81. The number of benzene rings is 1. The van der Waals surface area contributed by atoms with Crippen LogP contribution >= 0.6 is 0 Å². The molecule has 0 spiro atoms. The molecule has 1 aliphatic heterocycles. The Morgan fingerprint density at radius 2 is 2.11 bits per heavy atom. The van der Waals surface area contributed by atoms with Crippen LogP contribution < -0.4 is 10.9 Å². The summed E-state index contributed by atoms with van der Waals surface area (Å²) in [5.41, 5.74) is 0.895. The van der Waals surface area contributed by atoms with Crippen molar-refractivity contribution >= 4 is 22.6 Å². The summed E-state index contributed by atoms with van der Waals surface area (Å²) in [5, 5.41) is 3.31. The molecule has 3 rings (SSSR count). The normalized spacial score (nSPS) is 18.1. The number of hydrogen-bond donors (Lipinski definition) is 1.